The zero-order valence-electron chi connectivity index (χ0n) is 11.7. The number of rotatable bonds is 5. The smallest absolute Gasteiger partial charge is 0.119 e. The van der Waals surface area contributed by atoms with Crippen LogP contribution in [0.25, 0.3) is 0 Å². The maximum atomic E-state index is 5.26. The molecule has 0 bridgehead atoms. The molecular weight excluding hydrogens is 236 g/mol. The van der Waals surface area contributed by atoms with Crippen LogP contribution in [0.15, 0.2) is 42.6 Å². The molecule has 1 atom stereocenters. The normalized spacial score (nSPS) is 12.2. The third-order valence-electron chi connectivity index (χ3n) is 3.30. The van der Waals surface area contributed by atoms with Gasteiger partial charge in [-0.25, -0.2) is 0 Å². The van der Waals surface area contributed by atoms with Gasteiger partial charge in [0.25, 0.3) is 0 Å². The van der Waals surface area contributed by atoms with Crippen molar-refractivity contribution in [1.29, 1.82) is 0 Å². The van der Waals surface area contributed by atoms with E-state index in [1.54, 1.807) is 7.11 Å². The molecule has 3 heteroatoms. The Balaban J connectivity index is 2.21. The highest BCUT2D eigenvalue weighted by Gasteiger charge is 2.13. The Bertz CT molecular complexity index is 540. The molecule has 19 heavy (non-hydrogen) atoms. The lowest BCUT2D eigenvalue weighted by Crippen LogP contribution is -2.21. The molecule has 0 amide bonds. The number of methoxy groups -OCH3 is 1. The van der Waals surface area contributed by atoms with Gasteiger partial charge < -0.3 is 10.1 Å². The van der Waals surface area contributed by atoms with Crippen LogP contribution in [0.2, 0.25) is 0 Å². The third kappa shape index (κ3) is 3.32. The summed E-state index contributed by atoms with van der Waals surface area (Å²) in [6, 6.07) is 12.5. The van der Waals surface area contributed by atoms with Crippen LogP contribution in [0.5, 0.6) is 5.75 Å². The van der Waals surface area contributed by atoms with Gasteiger partial charge in [0.15, 0.2) is 0 Å². The standard InChI is InChI=1S/C16H20N2O/c1-12-6-5-9-18-16(12)15(17-2)11-13-7-4-8-14(10-13)19-3/h4-10,15,17H,11H2,1-3H3. The fourth-order valence-electron chi connectivity index (χ4n) is 2.23. The first-order valence-electron chi connectivity index (χ1n) is 6.46. The summed E-state index contributed by atoms with van der Waals surface area (Å²) in [6.45, 7) is 2.10. The van der Waals surface area contributed by atoms with Crippen LogP contribution in [-0.4, -0.2) is 19.1 Å². The van der Waals surface area contributed by atoms with E-state index in [2.05, 4.69) is 35.4 Å². The molecule has 100 valence electrons. The van der Waals surface area contributed by atoms with Crippen molar-refractivity contribution in [3.8, 4) is 5.75 Å². The molecule has 2 rings (SSSR count). The minimum absolute atomic E-state index is 0.216. The molecule has 0 saturated carbocycles. The van der Waals surface area contributed by atoms with Gasteiger partial charge >= 0.3 is 0 Å². The number of aromatic nitrogens is 1. The summed E-state index contributed by atoms with van der Waals surface area (Å²) < 4.78 is 5.26. The van der Waals surface area contributed by atoms with E-state index in [0.29, 0.717) is 0 Å². The third-order valence-corrected chi connectivity index (χ3v) is 3.30. The molecule has 1 aromatic heterocycles. The number of ether oxygens (including phenoxy) is 1. The molecule has 1 aromatic carbocycles. The van der Waals surface area contributed by atoms with Crippen molar-refractivity contribution in [2.75, 3.05) is 14.2 Å². The average Bonchev–Trinajstić information content (AvgIpc) is 2.46. The first-order chi connectivity index (χ1) is 9.24. The molecule has 0 aliphatic heterocycles. The van der Waals surface area contributed by atoms with Crippen LogP contribution >= 0.6 is 0 Å². The number of pyridine rings is 1. The topological polar surface area (TPSA) is 34.1 Å². The Morgan fingerprint density at radius 3 is 2.79 bits per heavy atom. The summed E-state index contributed by atoms with van der Waals surface area (Å²) >= 11 is 0. The molecule has 1 unspecified atom stereocenters. The summed E-state index contributed by atoms with van der Waals surface area (Å²) in [7, 11) is 3.66. The van der Waals surface area contributed by atoms with E-state index >= 15 is 0 Å². The fraction of sp³-hybridized carbons (Fsp3) is 0.312. The van der Waals surface area contributed by atoms with E-state index in [9.17, 15) is 0 Å². The maximum absolute atomic E-state index is 5.26. The van der Waals surface area contributed by atoms with Gasteiger partial charge in [-0.3, -0.25) is 4.98 Å². The Morgan fingerprint density at radius 2 is 2.11 bits per heavy atom. The van der Waals surface area contributed by atoms with Gasteiger partial charge in [0.05, 0.1) is 18.8 Å². The largest absolute Gasteiger partial charge is 0.497 e. The van der Waals surface area contributed by atoms with E-state index in [1.807, 2.05) is 31.4 Å². The first-order valence-corrected chi connectivity index (χ1v) is 6.46. The van der Waals surface area contributed by atoms with Crippen molar-refractivity contribution in [1.82, 2.24) is 10.3 Å². The summed E-state index contributed by atoms with van der Waals surface area (Å²) in [5, 5.41) is 3.34. The van der Waals surface area contributed by atoms with Crippen LogP contribution in [0.4, 0.5) is 0 Å². The summed E-state index contributed by atoms with van der Waals surface area (Å²) in [6.07, 6.45) is 2.74. The molecule has 2 aromatic rings. The monoisotopic (exact) mass is 256 g/mol. The number of hydrogen-bond acceptors (Lipinski definition) is 3. The Kier molecular flexibility index (Phi) is 4.53. The second kappa shape index (κ2) is 6.34. The Hall–Kier alpha value is -1.87. The molecule has 1 N–H and O–H groups in total. The maximum Gasteiger partial charge on any atom is 0.119 e. The number of hydrogen-bond donors (Lipinski definition) is 1. The molecular formula is C16H20N2O. The van der Waals surface area contributed by atoms with Gasteiger partial charge in [-0.2, -0.15) is 0 Å². The van der Waals surface area contributed by atoms with Gasteiger partial charge in [0.2, 0.25) is 0 Å². The zero-order chi connectivity index (χ0) is 13.7. The molecule has 0 aliphatic carbocycles. The van der Waals surface area contributed by atoms with Crippen molar-refractivity contribution in [3.05, 3.63) is 59.4 Å². The van der Waals surface area contributed by atoms with Crippen LogP contribution in [0.3, 0.4) is 0 Å². The minimum Gasteiger partial charge on any atom is -0.497 e. The van der Waals surface area contributed by atoms with Gasteiger partial charge in [-0.15, -0.1) is 0 Å². The minimum atomic E-state index is 0.216. The van der Waals surface area contributed by atoms with E-state index in [1.165, 1.54) is 11.1 Å². The number of nitrogens with one attached hydrogen (secondary N) is 1. The highest BCUT2D eigenvalue weighted by Crippen LogP contribution is 2.21. The van der Waals surface area contributed by atoms with Crippen molar-refractivity contribution < 1.29 is 4.74 Å². The number of benzene rings is 1. The van der Waals surface area contributed by atoms with Crippen LogP contribution in [-0.2, 0) is 6.42 Å². The van der Waals surface area contributed by atoms with Gasteiger partial charge in [0.1, 0.15) is 5.75 Å². The fourth-order valence-corrected chi connectivity index (χ4v) is 2.23. The van der Waals surface area contributed by atoms with E-state index in [-0.39, 0.29) is 6.04 Å². The van der Waals surface area contributed by atoms with Gasteiger partial charge in [0, 0.05) is 6.20 Å². The second-order valence-electron chi connectivity index (χ2n) is 4.60. The molecule has 0 radical (unpaired) electrons. The van der Waals surface area contributed by atoms with E-state index in [0.717, 1.165) is 17.9 Å². The molecule has 0 saturated heterocycles. The Labute approximate surface area is 114 Å². The predicted octanol–water partition coefficient (Wildman–Crippen LogP) is 2.90. The molecule has 0 fully saturated rings. The summed E-state index contributed by atoms with van der Waals surface area (Å²) in [4.78, 5) is 4.49. The average molecular weight is 256 g/mol. The first kappa shape index (κ1) is 13.6. The zero-order valence-corrected chi connectivity index (χ0v) is 11.7. The molecule has 1 heterocycles. The van der Waals surface area contributed by atoms with Crippen LogP contribution in [0.1, 0.15) is 22.9 Å². The van der Waals surface area contributed by atoms with Gasteiger partial charge in [-0.1, -0.05) is 18.2 Å². The van der Waals surface area contributed by atoms with Crippen LogP contribution in [0, 0.1) is 6.92 Å². The van der Waals surface area contributed by atoms with Crippen LogP contribution < -0.4 is 10.1 Å². The highest BCUT2D eigenvalue weighted by atomic mass is 16.5. The SMILES string of the molecule is CNC(Cc1cccc(OC)c1)c1ncccc1C. The predicted molar refractivity (Wildman–Crippen MR) is 77.5 cm³/mol. The number of nitrogens with zero attached hydrogens (tertiary/aromatic N) is 1. The van der Waals surface area contributed by atoms with Crippen molar-refractivity contribution in [3.63, 3.8) is 0 Å². The Morgan fingerprint density at radius 1 is 1.26 bits per heavy atom. The second-order valence-corrected chi connectivity index (χ2v) is 4.60. The number of aryl methyl sites for hydroxylation is 1. The van der Waals surface area contributed by atoms with E-state index < -0.39 is 0 Å². The lowest BCUT2D eigenvalue weighted by molar-refractivity contribution is 0.414. The van der Waals surface area contributed by atoms with Crippen molar-refractivity contribution >= 4 is 0 Å². The lowest BCUT2D eigenvalue weighted by Gasteiger charge is -2.18. The molecule has 0 spiro atoms. The van der Waals surface area contributed by atoms with Gasteiger partial charge in [-0.05, 0) is 49.7 Å². The summed E-state index contributed by atoms with van der Waals surface area (Å²) in [5.74, 6) is 0.894. The molecule has 0 aliphatic rings. The van der Waals surface area contributed by atoms with E-state index in [4.69, 9.17) is 4.74 Å². The highest BCUT2D eigenvalue weighted by molar-refractivity contribution is 5.30. The van der Waals surface area contributed by atoms with Crippen molar-refractivity contribution in [2.45, 2.75) is 19.4 Å². The number of likely N-dealkylation sites (N-methyl/N-ethyl adjacent to an activating group) is 1. The quantitative estimate of drug-likeness (QED) is 0.893. The van der Waals surface area contributed by atoms with Crippen molar-refractivity contribution in [2.24, 2.45) is 0 Å². The summed E-state index contributed by atoms with van der Waals surface area (Å²) in [5.41, 5.74) is 3.56. The lowest BCUT2D eigenvalue weighted by atomic mass is 10.00. The molecule has 3 nitrogen and oxygen atoms in total.